The molecule has 0 saturated heterocycles. The maximum Gasteiger partial charge on any atom is 0.338 e. The highest BCUT2D eigenvalue weighted by Gasteiger charge is 2.60. The molecule has 0 radical (unpaired) electrons. The second-order valence-corrected chi connectivity index (χ2v) is 11.5. The van der Waals surface area contributed by atoms with Crippen molar-refractivity contribution in [2.45, 2.75) is 85.2 Å². The number of carbonyl (C=O) groups excluding carboxylic acids is 4. The van der Waals surface area contributed by atoms with Crippen LogP contribution < -0.4 is 0 Å². The summed E-state index contributed by atoms with van der Waals surface area (Å²) >= 11 is 0. The maximum atomic E-state index is 13.3. The van der Waals surface area contributed by atoms with Gasteiger partial charge < -0.3 is 19.3 Å². The van der Waals surface area contributed by atoms with Gasteiger partial charge in [0.05, 0.1) is 11.5 Å². The van der Waals surface area contributed by atoms with Crippen LogP contribution in [0.25, 0.3) is 0 Å². The minimum Gasteiger partial charge on any atom is -0.458 e. The molecule has 212 valence electrons. The van der Waals surface area contributed by atoms with Crippen LogP contribution in [0.15, 0.2) is 54.1 Å². The summed E-state index contributed by atoms with van der Waals surface area (Å²) in [6, 6.07) is 8.56. The molecular formula is C31H40O8. The second kappa shape index (κ2) is 11.9. The molecule has 0 aliphatic heterocycles. The highest BCUT2D eigenvalue weighted by Crippen LogP contribution is 2.50. The number of ketones is 1. The Morgan fingerprint density at radius 3 is 2.23 bits per heavy atom. The van der Waals surface area contributed by atoms with Crippen molar-refractivity contribution in [3.8, 4) is 0 Å². The lowest BCUT2D eigenvalue weighted by Crippen LogP contribution is -2.53. The number of ether oxygens (including phenoxy) is 3. The van der Waals surface area contributed by atoms with Crippen molar-refractivity contribution in [2.75, 3.05) is 0 Å². The lowest BCUT2D eigenvalue weighted by atomic mass is 9.75. The van der Waals surface area contributed by atoms with Crippen molar-refractivity contribution in [3.63, 3.8) is 0 Å². The second-order valence-electron chi connectivity index (χ2n) is 11.5. The van der Waals surface area contributed by atoms with E-state index in [1.165, 1.54) is 13.8 Å². The van der Waals surface area contributed by atoms with E-state index in [1.807, 2.05) is 6.92 Å². The molecule has 2 aliphatic carbocycles. The Bertz CT molecular complexity index is 1150. The molecule has 39 heavy (non-hydrogen) atoms. The van der Waals surface area contributed by atoms with Crippen LogP contribution in [0.1, 0.15) is 71.7 Å². The zero-order valence-corrected chi connectivity index (χ0v) is 23.8. The van der Waals surface area contributed by atoms with Crippen molar-refractivity contribution in [1.82, 2.24) is 0 Å². The molecule has 3 rings (SSSR count). The van der Waals surface area contributed by atoms with Crippen molar-refractivity contribution in [1.29, 1.82) is 0 Å². The molecule has 7 atom stereocenters. The van der Waals surface area contributed by atoms with E-state index in [-0.39, 0.29) is 24.5 Å². The lowest BCUT2D eigenvalue weighted by Gasteiger charge is -2.41. The van der Waals surface area contributed by atoms with Gasteiger partial charge >= 0.3 is 17.9 Å². The zero-order valence-electron chi connectivity index (χ0n) is 23.8. The number of aliphatic hydroxyl groups excluding tert-OH is 1. The zero-order chi connectivity index (χ0) is 29.1. The molecule has 8 heteroatoms. The summed E-state index contributed by atoms with van der Waals surface area (Å²) < 4.78 is 17.6. The number of esters is 3. The summed E-state index contributed by atoms with van der Waals surface area (Å²) in [6.45, 7) is 11.5. The Kier molecular flexibility index (Phi) is 9.21. The highest BCUT2D eigenvalue weighted by molar-refractivity contribution is 5.89. The number of aliphatic hydroxyl groups is 1. The predicted molar refractivity (Wildman–Crippen MR) is 144 cm³/mol. The van der Waals surface area contributed by atoms with E-state index >= 15 is 0 Å². The molecule has 1 saturated carbocycles. The number of rotatable bonds is 4. The van der Waals surface area contributed by atoms with E-state index < -0.39 is 59.1 Å². The minimum atomic E-state index is -1.44. The van der Waals surface area contributed by atoms with Gasteiger partial charge in [0.15, 0.2) is 0 Å². The molecule has 0 spiro atoms. The molecule has 8 nitrogen and oxygen atoms in total. The van der Waals surface area contributed by atoms with Crippen LogP contribution in [-0.2, 0) is 28.6 Å². The Hall–Kier alpha value is -3.26. The van der Waals surface area contributed by atoms with E-state index in [0.717, 1.165) is 0 Å². The largest absolute Gasteiger partial charge is 0.458 e. The van der Waals surface area contributed by atoms with Crippen molar-refractivity contribution in [3.05, 3.63) is 59.7 Å². The summed E-state index contributed by atoms with van der Waals surface area (Å²) in [5.41, 5.74) is -1.43. The molecule has 0 bridgehead atoms. The van der Waals surface area contributed by atoms with Crippen LogP contribution in [0.5, 0.6) is 0 Å². The maximum absolute atomic E-state index is 13.3. The topological polar surface area (TPSA) is 116 Å². The molecule has 1 aromatic carbocycles. The molecule has 2 aliphatic rings. The minimum absolute atomic E-state index is 0.0620. The summed E-state index contributed by atoms with van der Waals surface area (Å²) in [7, 11) is 0. The molecule has 0 aromatic heterocycles. The third-order valence-electron chi connectivity index (χ3n) is 7.87. The van der Waals surface area contributed by atoms with Crippen LogP contribution in [0, 0.1) is 23.2 Å². The van der Waals surface area contributed by atoms with Crippen molar-refractivity contribution < 1.29 is 38.5 Å². The van der Waals surface area contributed by atoms with E-state index in [1.54, 1.807) is 76.3 Å². The van der Waals surface area contributed by atoms with Gasteiger partial charge in [0.1, 0.15) is 29.7 Å². The highest BCUT2D eigenvalue weighted by atomic mass is 16.6. The van der Waals surface area contributed by atoms with Gasteiger partial charge in [0.2, 0.25) is 0 Å². The van der Waals surface area contributed by atoms with Crippen LogP contribution in [-0.4, -0.2) is 52.7 Å². The normalized spacial score (nSPS) is 34.8. The SMILES string of the molecule is CC(=O)O[C@@H]1CC(=O)C(C)(C)/C=C/[C@@H](C)[C@@H](O)[C@@]2(OC(C)=O)C[C@@H](C)[C@H](OC(=O)c3ccccc3)[C@@H]2/C=C/1C. The number of hydrogen-bond acceptors (Lipinski definition) is 8. The summed E-state index contributed by atoms with van der Waals surface area (Å²) in [5, 5.41) is 11.8. The molecule has 1 N–H and O–H groups in total. The number of allylic oxidation sites excluding steroid dienone is 1. The molecule has 0 amide bonds. The number of Topliss-reactive ketones (excluding diaryl/α,β-unsaturated/α-hetero) is 1. The van der Waals surface area contributed by atoms with E-state index in [0.29, 0.717) is 11.1 Å². The van der Waals surface area contributed by atoms with Gasteiger partial charge in [-0.05, 0) is 50.8 Å². The van der Waals surface area contributed by atoms with Gasteiger partial charge in [-0.2, -0.15) is 0 Å². The fourth-order valence-electron chi connectivity index (χ4n) is 5.69. The Morgan fingerprint density at radius 2 is 1.64 bits per heavy atom. The van der Waals surface area contributed by atoms with Crippen LogP contribution >= 0.6 is 0 Å². The lowest BCUT2D eigenvalue weighted by molar-refractivity contribution is -0.181. The molecule has 0 heterocycles. The van der Waals surface area contributed by atoms with Crippen molar-refractivity contribution >= 4 is 23.7 Å². The van der Waals surface area contributed by atoms with Gasteiger partial charge in [-0.15, -0.1) is 0 Å². The molecule has 1 aromatic rings. The Labute approximate surface area is 230 Å². The number of hydrogen-bond donors (Lipinski definition) is 1. The first kappa shape index (κ1) is 30.3. The van der Waals surface area contributed by atoms with Gasteiger partial charge in [-0.3, -0.25) is 14.4 Å². The first-order valence-corrected chi connectivity index (χ1v) is 13.4. The first-order valence-electron chi connectivity index (χ1n) is 13.4. The van der Waals surface area contributed by atoms with Gasteiger partial charge in [-0.1, -0.05) is 50.3 Å². The third-order valence-corrected chi connectivity index (χ3v) is 7.87. The van der Waals surface area contributed by atoms with E-state index in [2.05, 4.69) is 0 Å². The van der Waals surface area contributed by atoms with Crippen LogP contribution in [0.4, 0.5) is 0 Å². The van der Waals surface area contributed by atoms with Gasteiger partial charge in [-0.25, -0.2) is 4.79 Å². The van der Waals surface area contributed by atoms with Gasteiger partial charge in [0.25, 0.3) is 0 Å². The monoisotopic (exact) mass is 540 g/mol. The predicted octanol–water partition coefficient (Wildman–Crippen LogP) is 4.60. The Balaban J connectivity index is 2.20. The molecule has 0 unspecified atom stereocenters. The average Bonchev–Trinajstić information content (AvgIpc) is 3.11. The number of carbonyl (C=O) groups is 4. The Morgan fingerprint density at radius 1 is 1.00 bits per heavy atom. The van der Waals surface area contributed by atoms with Gasteiger partial charge in [0, 0.05) is 31.6 Å². The quantitative estimate of drug-likeness (QED) is 0.335. The van der Waals surface area contributed by atoms with E-state index in [4.69, 9.17) is 14.2 Å². The van der Waals surface area contributed by atoms with Crippen molar-refractivity contribution in [2.24, 2.45) is 23.2 Å². The number of benzene rings is 1. The fourth-order valence-corrected chi connectivity index (χ4v) is 5.69. The molecular weight excluding hydrogens is 500 g/mol. The first-order chi connectivity index (χ1) is 18.2. The number of fused-ring (bicyclic) bond motifs is 1. The van der Waals surface area contributed by atoms with Crippen LogP contribution in [0.2, 0.25) is 0 Å². The average molecular weight is 541 g/mol. The smallest absolute Gasteiger partial charge is 0.338 e. The van der Waals surface area contributed by atoms with Crippen LogP contribution in [0.3, 0.4) is 0 Å². The summed E-state index contributed by atoms with van der Waals surface area (Å²) in [4.78, 5) is 50.9. The summed E-state index contributed by atoms with van der Waals surface area (Å²) in [6.07, 6.45) is 2.55. The fraction of sp³-hybridized carbons (Fsp3) is 0.548. The third kappa shape index (κ3) is 6.67. The standard InChI is InChI=1S/C31H40O8/c1-18-13-14-30(6,7)26(34)16-25(37-21(4)32)19(2)15-24-27(38-29(36)23-11-9-8-10-12-23)20(3)17-31(24,28(18)35)39-22(5)33/h8-15,18,20,24-25,27-28,35H,16-17H2,1-7H3/b14-13+,19-15+/t18-,20-,24+,25-,27+,28-,31-/m1/s1. The van der Waals surface area contributed by atoms with E-state index in [9.17, 15) is 24.3 Å². The molecule has 1 fully saturated rings. The summed E-state index contributed by atoms with van der Waals surface area (Å²) in [5.74, 6) is -3.40.